The molecule has 9 heteroatoms. The van der Waals surface area contributed by atoms with Gasteiger partial charge in [-0.3, -0.25) is 14.4 Å². The van der Waals surface area contributed by atoms with Gasteiger partial charge < -0.3 is 30.2 Å². The lowest BCUT2D eigenvalue weighted by atomic mass is 10.2. The van der Waals surface area contributed by atoms with Gasteiger partial charge in [0.05, 0.1) is 0 Å². The molecule has 3 rings (SSSR count). The van der Waals surface area contributed by atoms with Crippen molar-refractivity contribution >= 4 is 23.4 Å². The van der Waals surface area contributed by atoms with E-state index in [0.29, 0.717) is 48.0 Å². The maximum Gasteiger partial charge on any atom is 0.262 e. The molecule has 158 valence electrons. The predicted molar refractivity (Wildman–Crippen MR) is 109 cm³/mol. The summed E-state index contributed by atoms with van der Waals surface area (Å²) < 4.78 is 16.0. The molecule has 3 amide bonds. The predicted octanol–water partition coefficient (Wildman–Crippen LogP) is 1.69. The third-order valence-corrected chi connectivity index (χ3v) is 4.20. The maximum absolute atomic E-state index is 12.1. The SMILES string of the molecule is CCC(=O)NCCNC(=O)c1ccc(NC(=O)COc2ccc3c(c2)OCO3)cc1. The van der Waals surface area contributed by atoms with Gasteiger partial charge in [0.15, 0.2) is 18.1 Å². The van der Waals surface area contributed by atoms with E-state index in [2.05, 4.69) is 16.0 Å². The molecule has 1 aliphatic rings. The van der Waals surface area contributed by atoms with Crippen molar-refractivity contribution in [3.05, 3.63) is 48.0 Å². The molecule has 2 aromatic carbocycles. The molecule has 3 N–H and O–H groups in total. The summed E-state index contributed by atoms with van der Waals surface area (Å²) in [5.74, 6) is 1.06. The normalized spacial score (nSPS) is 11.5. The van der Waals surface area contributed by atoms with Crippen molar-refractivity contribution in [2.45, 2.75) is 13.3 Å². The number of fused-ring (bicyclic) bond motifs is 1. The van der Waals surface area contributed by atoms with Crippen molar-refractivity contribution in [1.29, 1.82) is 0 Å². The molecular weight excluding hydrogens is 390 g/mol. The molecule has 0 aliphatic carbocycles. The first kappa shape index (κ1) is 21.0. The first-order valence-electron chi connectivity index (χ1n) is 9.52. The second kappa shape index (κ2) is 10.1. The Kier molecular flexibility index (Phi) is 7.09. The van der Waals surface area contributed by atoms with E-state index in [1.165, 1.54) is 0 Å². The van der Waals surface area contributed by atoms with Crippen LogP contribution in [0.15, 0.2) is 42.5 Å². The highest BCUT2D eigenvalue weighted by Crippen LogP contribution is 2.35. The molecular formula is C21H23N3O6. The van der Waals surface area contributed by atoms with Gasteiger partial charge in [-0.15, -0.1) is 0 Å². The van der Waals surface area contributed by atoms with E-state index in [4.69, 9.17) is 14.2 Å². The van der Waals surface area contributed by atoms with Gasteiger partial charge >= 0.3 is 0 Å². The summed E-state index contributed by atoms with van der Waals surface area (Å²) in [7, 11) is 0. The fraction of sp³-hybridized carbons (Fsp3) is 0.286. The minimum Gasteiger partial charge on any atom is -0.484 e. The van der Waals surface area contributed by atoms with E-state index in [1.807, 2.05) is 0 Å². The quantitative estimate of drug-likeness (QED) is 0.539. The van der Waals surface area contributed by atoms with Crippen molar-refractivity contribution < 1.29 is 28.6 Å². The van der Waals surface area contributed by atoms with E-state index >= 15 is 0 Å². The standard InChI is InChI=1S/C21H23N3O6/c1-2-19(25)22-9-10-23-21(27)14-3-5-15(6-4-14)24-20(26)12-28-16-7-8-17-18(11-16)30-13-29-17/h3-8,11H,2,9-10,12-13H2,1H3,(H,22,25)(H,23,27)(H,24,26). The van der Waals surface area contributed by atoms with Crippen LogP contribution >= 0.6 is 0 Å². The summed E-state index contributed by atoms with van der Waals surface area (Å²) in [4.78, 5) is 35.3. The average molecular weight is 413 g/mol. The van der Waals surface area contributed by atoms with Gasteiger partial charge in [0.25, 0.3) is 11.8 Å². The molecule has 0 radical (unpaired) electrons. The van der Waals surface area contributed by atoms with Crippen LogP contribution in [0.5, 0.6) is 17.2 Å². The summed E-state index contributed by atoms with van der Waals surface area (Å²) in [5.41, 5.74) is 0.993. The minimum absolute atomic E-state index is 0.0631. The van der Waals surface area contributed by atoms with E-state index in [-0.39, 0.29) is 31.1 Å². The van der Waals surface area contributed by atoms with Crippen LogP contribution in [0, 0.1) is 0 Å². The summed E-state index contributed by atoms with van der Waals surface area (Å²) in [6.07, 6.45) is 0.406. The lowest BCUT2D eigenvalue weighted by Gasteiger charge is -2.09. The number of anilines is 1. The number of rotatable bonds is 9. The number of hydrogen-bond acceptors (Lipinski definition) is 6. The molecule has 0 saturated carbocycles. The van der Waals surface area contributed by atoms with Gasteiger partial charge in [0.2, 0.25) is 12.7 Å². The first-order chi connectivity index (χ1) is 14.5. The van der Waals surface area contributed by atoms with Crippen molar-refractivity contribution in [3.8, 4) is 17.2 Å². The highest BCUT2D eigenvalue weighted by Gasteiger charge is 2.14. The van der Waals surface area contributed by atoms with Gasteiger partial charge in [-0.2, -0.15) is 0 Å². The molecule has 0 bridgehead atoms. The number of carbonyl (C=O) groups excluding carboxylic acids is 3. The molecule has 9 nitrogen and oxygen atoms in total. The molecule has 0 spiro atoms. The Bertz CT molecular complexity index is 913. The lowest BCUT2D eigenvalue weighted by molar-refractivity contribution is -0.120. The summed E-state index contributed by atoms with van der Waals surface area (Å²) in [6.45, 7) is 2.46. The number of amides is 3. The second-order valence-corrected chi connectivity index (χ2v) is 6.39. The zero-order valence-electron chi connectivity index (χ0n) is 16.5. The zero-order valence-corrected chi connectivity index (χ0v) is 16.5. The highest BCUT2D eigenvalue weighted by molar-refractivity contribution is 5.96. The lowest BCUT2D eigenvalue weighted by Crippen LogP contribution is -2.34. The Morgan fingerprint density at radius 3 is 2.43 bits per heavy atom. The van der Waals surface area contributed by atoms with Gasteiger partial charge in [0.1, 0.15) is 5.75 Å². The van der Waals surface area contributed by atoms with Crippen molar-refractivity contribution in [2.24, 2.45) is 0 Å². The molecule has 2 aromatic rings. The fourth-order valence-electron chi connectivity index (χ4n) is 2.62. The number of carbonyl (C=O) groups is 3. The maximum atomic E-state index is 12.1. The highest BCUT2D eigenvalue weighted by atomic mass is 16.7. The largest absolute Gasteiger partial charge is 0.484 e. The Morgan fingerprint density at radius 1 is 0.933 bits per heavy atom. The molecule has 1 heterocycles. The van der Waals surface area contributed by atoms with Gasteiger partial charge in [-0.25, -0.2) is 0 Å². The van der Waals surface area contributed by atoms with Crippen molar-refractivity contribution in [2.75, 3.05) is 31.8 Å². The number of hydrogen-bond donors (Lipinski definition) is 3. The van der Waals surface area contributed by atoms with Gasteiger partial charge in [0, 0.05) is 36.8 Å². The van der Waals surface area contributed by atoms with Crippen molar-refractivity contribution in [3.63, 3.8) is 0 Å². The Balaban J connectivity index is 1.41. The topological polar surface area (TPSA) is 115 Å². The fourth-order valence-corrected chi connectivity index (χ4v) is 2.62. The van der Waals surface area contributed by atoms with E-state index in [9.17, 15) is 14.4 Å². The summed E-state index contributed by atoms with van der Waals surface area (Å²) >= 11 is 0. The monoisotopic (exact) mass is 413 g/mol. The molecule has 0 unspecified atom stereocenters. The molecule has 0 saturated heterocycles. The molecule has 30 heavy (non-hydrogen) atoms. The summed E-state index contributed by atoms with van der Waals surface area (Å²) in [5, 5.41) is 8.10. The number of benzene rings is 2. The van der Waals surface area contributed by atoms with Crippen LogP contribution in [0.3, 0.4) is 0 Å². The second-order valence-electron chi connectivity index (χ2n) is 6.39. The molecule has 0 aromatic heterocycles. The third-order valence-electron chi connectivity index (χ3n) is 4.20. The van der Waals surface area contributed by atoms with Crippen LogP contribution in [0.25, 0.3) is 0 Å². The van der Waals surface area contributed by atoms with Crippen LogP contribution < -0.4 is 30.2 Å². The Hall–Kier alpha value is -3.75. The number of nitrogens with one attached hydrogen (secondary N) is 3. The zero-order chi connectivity index (χ0) is 21.3. The molecule has 0 atom stereocenters. The minimum atomic E-state index is -0.337. The first-order valence-corrected chi connectivity index (χ1v) is 9.52. The van der Waals surface area contributed by atoms with Gasteiger partial charge in [-0.1, -0.05) is 6.92 Å². The van der Waals surface area contributed by atoms with Crippen LogP contribution in [-0.4, -0.2) is 44.2 Å². The smallest absolute Gasteiger partial charge is 0.262 e. The van der Waals surface area contributed by atoms with E-state index in [0.717, 1.165) is 0 Å². The average Bonchev–Trinajstić information content (AvgIpc) is 3.23. The molecule has 0 fully saturated rings. The third kappa shape index (κ3) is 5.87. The van der Waals surface area contributed by atoms with Crippen LogP contribution in [0.2, 0.25) is 0 Å². The Labute approximate surface area is 173 Å². The van der Waals surface area contributed by atoms with Crippen LogP contribution in [0.1, 0.15) is 23.7 Å². The van der Waals surface area contributed by atoms with Gasteiger partial charge in [-0.05, 0) is 36.4 Å². The molecule has 1 aliphatic heterocycles. The van der Waals surface area contributed by atoms with Crippen molar-refractivity contribution in [1.82, 2.24) is 10.6 Å². The van der Waals surface area contributed by atoms with Crippen LogP contribution in [0.4, 0.5) is 5.69 Å². The Morgan fingerprint density at radius 2 is 1.67 bits per heavy atom. The van der Waals surface area contributed by atoms with E-state index < -0.39 is 0 Å². The van der Waals surface area contributed by atoms with E-state index in [1.54, 1.807) is 49.4 Å². The van der Waals surface area contributed by atoms with Crippen LogP contribution in [-0.2, 0) is 9.59 Å². The summed E-state index contributed by atoms with van der Waals surface area (Å²) in [6, 6.07) is 11.6. The number of ether oxygens (including phenoxy) is 3.